The van der Waals surface area contributed by atoms with E-state index in [-0.39, 0.29) is 0 Å². The van der Waals surface area contributed by atoms with Gasteiger partial charge in [0.25, 0.3) is 0 Å². The molecule has 2 aliphatic carbocycles. The molecule has 2 atom stereocenters. The van der Waals surface area contributed by atoms with E-state index in [9.17, 15) is 0 Å². The smallest absolute Gasteiger partial charge is 0.0118 e. The van der Waals surface area contributed by atoms with Gasteiger partial charge in [-0.05, 0) is 44.1 Å². The predicted molar refractivity (Wildman–Crippen MR) is 78.9 cm³/mol. The van der Waals surface area contributed by atoms with Gasteiger partial charge in [-0.25, -0.2) is 0 Å². The van der Waals surface area contributed by atoms with E-state index in [1.165, 1.54) is 51.6 Å². The molecule has 2 saturated carbocycles. The van der Waals surface area contributed by atoms with Crippen LogP contribution >= 0.6 is 0 Å². The molecule has 0 heterocycles. The fraction of sp³-hybridized carbons (Fsp3) is 1.00. The molecule has 2 aliphatic rings. The minimum Gasteiger partial charge on any atom is -0.313 e. The Labute approximate surface area is 114 Å². The second-order valence-corrected chi connectivity index (χ2v) is 7.56. The molecule has 0 saturated heterocycles. The van der Waals surface area contributed by atoms with Crippen molar-refractivity contribution in [3.63, 3.8) is 0 Å². The van der Waals surface area contributed by atoms with E-state index in [0.29, 0.717) is 5.41 Å². The molecule has 0 aromatic heterocycles. The maximum Gasteiger partial charge on any atom is 0.0118 e. The Morgan fingerprint density at radius 1 is 1.11 bits per heavy atom. The van der Waals surface area contributed by atoms with Gasteiger partial charge in [-0.3, -0.25) is 0 Å². The van der Waals surface area contributed by atoms with Crippen molar-refractivity contribution in [2.75, 3.05) is 20.1 Å². The van der Waals surface area contributed by atoms with Gasteiger partial charge in [-0.1, -0.05) is 33.6 Å². The summed E-state index contributed by atoms with van der Waals surface area (Å²) < 4.78 is 0. The summed E-state index contributed by atoms with van der Waals surface area (Å²) in [5, 5.41) is 3.69. The Morgan fingerprint density at radius 3 is 2.39 bits per heavy atom. The molecule has 18 heavy (non-hydrogen) atoms. The number of nitrogens with zero attached hydrogens (tertiary/aromatic N) is 1. The molecular weight excluding hydrogens is 220 g/mol. The van der Waals surface area contributed by atoms with Crippen LogP contribution in [0.2, 0.25) is 0 Å². The van der Waals surface area contributed by atoms with Gasteiger partial charge in [0.1, 0.15) is 0 Å². The Balaban J connectivity index is 1.78. The van der Waals surface area contributed by atoms with Gasteiger partial charge in [0, 0.05) is 25.2 Å². The average molecular weight is 252 g/mol. The number of hydrogen-bond acceptors (Lipinski definition) is 2. The zero-order chi connectivity index (χ0) is 13.2. The predicted octanol–water partition coefficient (Wildman–Crippen LogP) is 3.28. The van der Waals surface area contributed by atoms with Crippen molar-refractivity contribution in [3.05, 3.63) is 0 Å². The molecule has 106 valence electrons. The zero-order valence-electron chi connectivity index (χ0n) is 12.8. The molecule has 0 radical (unpaired) electrons. The van der Waals surface area contributed by atoms with Gasteiger partial charge in [-0.2, -0.15) is 0 Å². The van der Waals surface area contributed by atoms with Crippen molar-refractivity contribution in [1.29, 1.82) is 0 Å². The summed E-state index contributed by atoms with van der Waals surface area (Å²) in [5.41, 5.74) is 0.397. The van der Waals surface area contributed by atoms with Gasteiger partial charge in [0.05, 0.1) is 0 Å². The van der Waals surface area contributed by atoms with E-state index < -0.39 is 0 Å². The monoisotopic (exact) mass is 252 g/mol. The van der Waals surface area contributed by atoms with Crippen LogP contribution < -0.4 is 5.32 Å². The maximum absolute atomic E-state index is 3.69. The van der Waals surface area contributed by atoms with Crippen LogP contribution in [-0.4, -0.2) is 37.1 Å². The van der Waals surface area contributed by atoms with Crippen LogP contribution in [0.25, 0.3) is 0 Å². The van der Waals surface area contributed by atoms with Gasteiger partial charge >= 0.3 is 0 Å². The lowest BCUT2D eigenvalue weighted by Gasteiger charge is -2.40. The molecule has 2 fully saturated rings. The third-order valence-corrected chi connectivity index (χ3v) is 4.76. The largest absolute Gasteiger partial charge is 0.313 e. The molecular formula is C16H32N2. The topological polar surface area (TPSA) is 15.3 Å². The zero-order valence-corrected chi connectivity index (χ0v) is 12.8. The second kappa shape index (κ2) is 5.92. The summed E-state index contributed by atoms with van der Waals surface area (Å²) in [5.74, 6) is 0.885. The van der Waals surface area contributed by atoms with E-state index in [2.05, 4.69) is 38.0 Å². The first kappa shape index (κ1) is 14.3. The van der Waals surface area contributed by atoms with Crippen LogP contribution in [0, 0.1) is 11.3 Å². The highest BCUT2D eigenvalue weighted by molar-refractivity contribution is 4.87. The van der Waals surface area contributed by atoms with E-state index >= 15 is 0 Å². The standard InChI is InChI=1S/C16H32N2/c1-13-7-5-6-8-15(13)18(4)12-16(2,3)11-17-14-9-10-14/h13-15,17H,5-12H2,1-4H3. The first-order valence-electron chi connectivity index (χ1n) is 7.91. The summed E-state index contributed by atoms with van der Waals surface area (Å²) in [6.07, 6.45) is 8.49. The highest BCUT2D eigenvalue weighted by atomic mass is 15.1. The van der Waals surface area contributed by atoms with Gasteiger partial charge in [0.15, 0.2) is 0 Å². The third kappa shape index (κ3) is 4.24. The van der Waals surface area contributed by atoms with E-state index in [1.807, 2.05) is 0 Å². The van der Waals surface area contributed by atoms with Crippen molar-refractivity contribution in [3.8, 4) is 0 Å². The fourth-order valence-electron chi connectivity index (χ4n) is 3.51. The third-order valence-electron chi connectivity index (χ3n) is 4.76. The minimum absolute atomic E-state index is 0.397. The summed E-state index contributed by atoms with van der Waals surface area (Å²) in [6, 6.07) is 1.65. The molecule has 0 aromatic rings. The number of hydrogen-bond donors (Lipinski definition) is 1. The van der Waals surface area contributed by atoms with Crippen molar-refractivity contribution in [2.24, 2.45) is 11.3 Å². The molecule has 2 nitrogen and oxygen atoms in total. The molecule has 2 heteroatoms. The summed E-state index contributed by atoms with van der Waals surface area (Å²) in [6.45, 7) is 9.65. The van der Waals surface area contributed by atoms with Crippen molar-refractivity contribution in [2.45, 2.75) is 71.4 Å². The molecule has 2 rings (SSSR count). The molecule has 0 bridgehead atoms. The Hall–Kier alpha value is -0.0800. The first-order chi connectivity index (χ1) is 8.48. The highest BCUT2D eigenvalue weighted by Gasteiger charge is 2.30. The molecule has 2 unspecified atom stereocenters. The minimum atomic E-state index is 0.397. The average Bonchev–Trinajstić information content (AvgIpc) is 3.10. The molecule has 1 N–H and O–H groups in total. The lowest BCUT2D eigenvalue weighted by molar-refractivity contribution is 0.0966. The van der Waals surface area contributed by atoms with E-state index in [0.717, 1.165) is 18.0 Å². The van der Waals surface area contributed by atoms with Crippen LogP contribution in [0.4, 0.5) is 0 Å². The number of nitrogens with one attached hydrogen (secondary N) is 1. The molecule has 0 aliphatic heterocycles. The fourth-order valence-corrected chi connectivity index (χ4v) is 3.51. The van der Waals surface area contributed by atoms with Gasteiger partial charge in [0.2, 0.25) is 0 Å². The first-order valence-corrected chi connectivity index (χ1v) is 7.91. The Bertz CT molecular complexity index is 258. The summed E-state index contributed by atoms with van der Waals surface area (Å²) >= 11 is 0. The van der Waals surface area contributed by atoms with Crippen LogP contribution in [-0.2, 0) is 0 Å². The molecule has 0 amide bonds. The van der Waals surface area contributed by atoms with Gasteiger partial charge in [-0.15, -0.1) is 0 Å². The normalized spacial score (nSPS) is 29.8. The quantitative estimate of drug-likeness (QED) is 0.780. The van der Waals surface area contributed by atoms with E-state index in [1.54, 1.807) is 0 Å². The lowest BCUT2D eigenvalue weighted by Crippen LogP contribution is -2.46. The highest BCUT2D eigenvalue weighted by Crippen LogP contribution is 2.29. The van der Waals surface area contributed by atoms with Crippen molar-refractivity contribution >= 4 is 0 Å². The van der Waals surface area contributed by atoms with Crippen LogP contribution in [0.5, 0.6) is 0 Å². The lowest BCUT2D eigenvalue weighted by atomic mass is 9.83. The summed E-state index contributed by atoms with van der Waals surface area (Å²) in [7, 11) is 2.34. The van der Waals surface area contributed by atoms with Crippen LogP contribution in [0.15, 0.2) is 0 Å². The van der Waals surface area contributed by atoms with E-state index in [4.69, 9.17) is 0 Å². The number of rotatable bonds is 6. The van der Waals surface area contributed by atoms with Crippen LogP contribution in [0.1, 0.15) is 59.3 Å². The van der Waals surface area contributed by atoms with Crippen molar-refractivity contribution < 1.29 is 0 Å². The Morgan fingerprint density at radius 2 is 1.78 bits per heavy atom. The second-order valence-electron chi connectivity index (χ2n) is 7.56. The summed E-state index contributed by atoms with van der Waals surface area (Å²) in [4.78, 5) is 2.64. The maximum atomic E-state index is 3.69. The molecule has 0 aromatic carbocycles. The van der Waals surface area contributed by atoms with Crippen molar-refractivity contribution in [1.82, 2.24) is 10.2 Å². The van der Waals surface area contributed by atoms with Crippen LogP contribution in [0.3, 0.4) is 0 Å². The Kier molecular flexibility index (Phi) is 4.71. The van der Waals surface area contributed by atoms with Gasteiger partial charge < -0.3 is 10.2 Å². The SMILES string of the molecule is CC1CCCCC1N(C)CC(C)(C)CNC1CC1. The molecule has 0 spiro atoms.